The summed E-state index contributed by atoms with van der Waals surface area (Å²) in [7, 11) is 3.40. The first-order valence-corrected chi connectivity index (χ1v) is 4.73. The Balaban J connectivity index is 2.96. The molecule has 1 heterocycles. The van der Waals surface area contributed by atoms with E-state index in [1.807, 2.05) is 0 Å². The Morgan fingerprint density at radius 3 is 2.59 bits per heavy atom. The molecule has 0 amide bonds. The van der Waals surface area contributed by atoms with Crippen LogP contribution in [0.25, 0.3) is 0 Å². The molecular formula is C11H11F3N2O. The highest BCUT2D eigenvalue weighted by Crippen LogP contribution is 2.29. The molecule has 3 nitrogen and oxygen atoms in total. The molecule has 0 aliphatic heterocycles. The van der Waals surface area contributed by atoms with Crippen molar-refractivity contribution in [1.29, 1.82) is 0 Å². The van der Waals surface area contributed by atoms with Gasteiger partial charge < -0.3 is 4.90 Å². The predicted octanol–water partition coefficient (Wildman–Crippen LogP) is 2.36. The minimum atomic E-state index is -4.47. The van der Waals surface area contributed by atoms with Crippen molar-refractivity contribution in [2.24, 2.45) is 0 Å². The molecule has 92 valence electrons. The van der Waals surface area contributed by atoms with Gasteiger partial charge in [-0.05, 0) is 12.1 Å². The molecule has 0 unspecified atom stereocenters. The van der Waals surface area contributed by atoms with Gasteiger partial charge in [-0.25, -0.2) is 0 Å². The van der Waals surface area contributed by atoms with E-state index >= 15 is 0 Å². The van der Waals surface area contributed by atoms with Crippen molar-refractivity contribution in [3.63, 3.8) is 0 Å². The van der Waals surface area contributed by atoms with Crippen LogP contribution in [0, 0.1) is 0 Å². The van der Waals surface area contributed by atoms with Crippen LogP contribution in [0.2, 0.25) is 0 Å². The van der Waals surface area contributed by atoms with Crippen LogP contribution in [0.5, 0.6) is 0 Å². The number of hydrogen-bond acceptors (Lipinski definition) is 3. The zero-order valence-electron chi connectivity index (χ0n) is 9.32. The molecule has 17 heavy (non-hydrogen) atoms. The van der Waals surface area contributed by atoms with Crippen LogP contribution in [-0.4, -0.2) is 29.8 Å². The Hall–Kier alpha value is -1.85. The molecule has 0 saturated heterocycles. The molecule has 0 fully saturated rings. The summed E-state index contributed by atoms with van der Waals surface area (Å²) in [4.78, 5) is 16.7. The number of carbonyl (C=O) groups is 1. The van der Waals surface area contributed by atoms with E-state index in [0.717, 1.165) is 18.3 Å². The lowest BCUT2D eigenvalue weighted by Crippen LogP contribution is -2.09. The Labute approximate surface area is 96.6 Å². The lowest BCUT2D eigenvalue weighted by molar-refractivity contribution is -0.137. The smallest absolute Gasteiger partial charge is 0.383 e. The average molecular weight is 244 g/mol. The molecule has 0 aliphatic rings. The molecule has 0 aliphatic carbocycles. The largest absolute Gasteiger partial charge is 0.416 e. The predicted molar refractivity (Wildman–Crippen MR) is 56.4 cm³/mol. The van der Waals surface area contributed by atoms with E-state index in [-0.39, 0.29) is 5.69 Å². The molecule has 6 heteroatoms. The maximum atomic E-state index is 12.4. The monoisotopic (exact) mass is 244 g/mol. The maximum Gasteiger partial charge on any atom is 0.416 e. The molecular weight excluding hydrogens is 233 g/mol. The number of ketones is 1. The van der Waals surface area contributed by atoms with Gasteiger partial charge in [0.15, 0.2) is 0 Å². The number of rotatable bonds is 3. The minimum Gasteiger partial charge on any atom is -0.383 e. The van der Waals surface area contributed by atoms with E-state index in [9.17, 15) is 18.0 Å². The summed E-state index contributed by atoms with van der Waals surface area (Å²) in [5.74, 6) is -0.565. The molecule has 0 atom stereocenters. The maximum absolute atomic E-state index is 12.4. The summed E-state index contributed by atoms with van der Waals surface area (Å²) in [5, 5.41) is 0. The van der Waals surface area contributed by atoms with E-state index in [4.69, 9.17) is 0 Å². The van der Waals surface area contributed by atoms with Crippen LogP contribution >= 0.6 is 0 Å². The molecule has 0 spiro atoms. The van der Waals surface area contributed by atoms with Crippen LogP contribution < -0.4 is 0 Å². The van der Waals surface area contributed by atoms with Crippen LogP contribution in [0.4, 0.5) is 13.2 Å². The third-order valence-electron chi connectivity index (χ3n) is 1.86. The number of nitrogens with zero attached hydrogens (tertiary/aromatic N) is 2. The highest BCUT2D eigenvalue weighted by molar-refractivity contribution is 6.03. The number of carbonyl (C=O) groups excluding carboxylic acids is 1. The molecule has 0 bridgehead atoms. The lowest BCUT2D eigenvalue weighted by atomic mass is 10.2. The van der Waals surface area contributed by atoms with Gasteiger partial charge in [-0.15, -0.1) is 0 Å². The topological polar surface area (TPSA) is 33.2 Å². The molecule has 0 saturated carbocycles. The van der Waals surface area contributed by atoms with Crippen LogP contribution in [0.15, 0.2) is 30.6 Å². The Morgan fingerprint density at radius 1 is 1.41 bits per heavy atom. The summed E-state index contributed by atoms with van der Waals surface area (Å²) in [6, 6.07) is 1.56. The van der Waals surface area contributed by atoms with Gasteiger partial charge in [0.25, 0.3) is 0 Å². The standard InChI is InChI=1S/C11H11F3N2O/c1-16(2)6-4-10(17)9-7-8(3-5-15-9)11(12,13)14/h3-7H,1-2H3/b6-4+. The quantitative estimate of drug-likeness (QED) is 0.604. The van der Waals surface area contributed by atoms with Crippen LogP contribution in [0.1, 0.15) is 16.1 Å². The van der Waals surface area contributed by atoms with Crippen molar-refractivity contribution >= 4 is 5.78 Å². The van der Waals surface area contributed by atoms with Gasteiger partial charge >= 0.3 is 6.18 Å². The summed E-state index contributed by atoms with van der Waals surface area (Å²) in [6.07, 6.45) is -0.879. The molecule has 0 radical (unpaired) electrons. The number of hydrogen-bond donors (Lipinski definition) is 0. The molecule has 0 N–H and O–H groups in total. The second-order valence-electron chi connectivity index (χ2n) is 3.57. The first-order valence-electron chi connectivity index (χ1n) is 4.73. The first-order chi connectivity index (χ1) is 7.80. The Kier molecular flexibility index (Phi) is 3.88. The SMILES string of the molecule is CN(C)/C=C/C(=O)c1cc(C(F)(F)F)ccn1. The first kappa shape index (κ1) is 13.2. The van der Waals surface area contributed by atoms with Crippen molar-refractivity contribution in [2.45, 2.75) is 6.18 Å². The van der Waals surface area contributed by atoms with Gasteiger partial charge in [-0.1, -0.05) is 0 Å². The van der Waals surface area contributed by atoms with Crippen molar-refractivity contribution in [1.82, 2.24) is 9.88 Å². The van der Waals surface area contributed by atoms with Gasteiger partial charge in [0.1, 0.15) is 5.69 Å². The minimum absolute atomic E-state index is 0.224. The highest BCUT2D eigenvalue weighted by Gasteiger charge is 2.31. The molecule has 1 aromatic rings. The third-order valence-corrected chi connectivity index (χ3v) is 1.86. The molecule has 1 aromatic heterocycles. The van der Waals surface area contributed by atoms with E-state index in [1.165, 1.54) is 12.3 Å². The van der Waals surface area contributed by atoms with Crippen molar-refractivity contribution in [2.75, 3.05) is 14.1 Å². The van der Waals surface area contributed by atoms with Gasteiger partial charge in [0.05, 0.1) is 5.56 Å². The fourth-order valence-electron chi connectivity index (χ4n) is 1.04. The van der Waals surface area contributed by atoms with E-state index < -0.39 is 17.5 Å². The van der Waals surface area contributed by atoms with Gasteiger partial charge in [-0.2, -0.15) is 13.2 Å². The second-order valence-corrected chi connectivity index (χ2v) is 3.57. The fraction of sp³-hybridized carbons (Fsp3) is 0.273. The van der Waals surface area contributed by atoms with E-state index in [1.54, 1.807) is 19.0 Å². The normalized spacial score (nSPS) is 11.8. The van der Waals surface area contributed by atoms with Crippen molar-refractivity contribution < 1.29 is 18.0 Å². The Morgan fingerprint density at radius 2 is 2.06 bits per heavy atom. The summed E-state index contributed by atoms with van der Waals surface area (Å²) < 4.78 is 37.1. The third kappa shape index (κ3) is 3.90. The zero-order valence-corrected chi connectivity index (χ0v) is 9.32. The van der Waals surface area contributed by atoms with Crippen molar-refractivity contribution in [3.05, 3.63) is 41.9 Å². The summed E-state index contributed by atoms with van der Waals surface area (Å²) in [6.45, 7) is 0. The van der Waals surface area contributed by atoms with Crippen LogP contribution in [-0.2, 0) is 6.18 Å². The second kappa shape index (κ2) is 4.99. The van der Waals surface area contributed by atoms with Crippen LogP contribution in [0.3, 0.4) is 0 Å². The number of halogens is 3. The van der Waals surface area contributed by atoms with Gasteiger partial charge in [-0.3, -0.25) is 9.78 Å². The van der Waals surface area contributed by atoms with E-state index in [0.29, 0.717) is 0 Å². The molecule has 1 rings (SSSR count). The highest BCUT2D eigenvalue weighted by atomic mass is 19.4. The fourth-order valence-corrected chi connectivity index (χ4v) is 1.04. The number of aromatic nitrogens is 1. The average Bonchev–Trinajstić information content (AvgIpc) is 2.25. The summed E-state index contributed by atoms with van der Waals surface area (Å²) in [5.41, 5.74) is -1.10. The van der Waals surface area contributed by atoms with E-state index in [2.05, 4.69) is 4.98 Å². The Bertz CT molecular complexity index is 439. The van der Waals surface area contributed by atoms with Gasteiger partial charge in [0.2, 0.25) is 5.78 Å². The molecule has 0 aromatic carbocycles. The number of allylic oxidation sites excluding steroid dienone is 1. The number of pyridine rings is 1. The zero-order chi connectivity index (χ0) is 13.1. The number of alkyl halides is 3. The van der Waals surface area contributed by atoms with Crippen molar-refractivity contribution in [3.8, 4) is 0 Å². The van der Waals surface area contributed by atoms with Gasteiger partial charge in [0, 0.05) is 32.6 Å². The summed E-state index contributed by atoms with van der Waals surface area (Å²) >= 11 is 0. The lowest BCUT2D eigenvalue weighted by Gasteiger charge is -2.07.